The molecule has 80 valence electrons. The normalized spacial score (nSPS) is 22.6. The molecule has 0 saturated carbocycles. The number of likely N-dealkylation sites (N-methyl/N-ethyl adjacent to an activating group) is 1. The highest BCUT2D eigenvalue weighted by Crippen LogP contribution is 2.28. The molecule has 1 atom stereocenters. The summed E-state index contributed by atoms with van der Waals surface area (Å²) in [6.07, 6.45) is 7.24. The molecule has 0 aromatic carbocycles. The van der Waals surface area contributed by atoms with Crippen molar-refractivity contribution in [1.82, 2.24) is 5.32 Å². The van der Waals surface area contributed by atoms with E-state index >= 15 is 0 Å². The molecule has 0 bridgehead atoms. The van der Waals surface area contributed by atoms with E-state index in [9.17, 15) is 0 Å². The summed E-state index contributed by atoms with van der Waals surface area (Å²) in [5.41, 5.74) is -0.226. The average molecular weight is 197 g/mol. The molecular weight excluding hydrogens is 178 g/mol. The van der Waals surface area contributed by atoms with Gasteiger partial charge in [0.1, 0.15) is 0 Å². The van der Waals surface area contributed by atoms with Crippen LogP contribution in [0.4, 0.5) is 0 Å². The maximum atomic E-state index is 5.83. The van der Waals surface area contributed by atoms with Gasteiger partial charge in [0.25, 0.3) is 0 Å². The van der Waals surface area contributed by atoms with E-state index in [1.54, 1.807) is 0 Å². The van der Waals surface area contributed by atoms with Crippen LogP contribution in [0.3, 0.4) is 0 Å². The summed E-state index contributed by atoms with van der Waals surface area (Å²) in [6.45, 7) is 4.17. The van der Waals surface area contributed by atoms with Gasteiger partial charge in [-0.05, 0) is 14.0 Å². The second-order valence-corrected chi connectivity index (χ2v) is 3.50. The topological polar surface area (TPSA) is 30.5 Å². The molecular formula is C11H19NO2. The van der Waals surface area contributed by atoms with Gasteiger partial charge in [0, 0.05) is 32.7 Å². The third-order valence-corrected chi connectivity index (χ3v) is 2.75. The van der Waals surface area contributed by atoms with Crippen LogP contribution < -0.4 is 5.32 Å². The van der Waals surface area contributed by atoms with E-state index < -0.39 is 0 Å². The van der Waals surface area contributed by atoms with Crippen LogP contribution in [0, 0.1) is 12.3 Å². The van der Waals surface area contributed by atoms with E-state index in [1.165, 1.54) is 0 Å². The Hall–Kier alpha value is -0.560. The number of ether oxygens (including phenoxy) is 2. The molecule has 3 nitrogen and oxygen atoms in total. The third kappa shape index (κ3) is 2.27. The van der Waals surface area contributed by atoms with Crippen molar-refractivity contribution in [3.63, 3.8) is 0 Å². The van der Waals surface area contributed by atoms with Gasteiger partial charge < -0.3 is 14.8 Å². The number of hydrogen-bond donors (Lipinski definition) is 1. The highest BCUT2D eigenvalue weighted by atomic mass is 16.5. The zero-order valence-corrected chi connectivity index (χ0v) is 9.01. The van der Waals surface area contributed by atoms with Gasteiger partial charge in [-0.25, -0.2) is 0 Å². The van der Waals surface area contributed by atoms with Gasteiger partial charge >= 0.3 is 0 Å². The lowest BCUT2D eigenvalue weighted by Crippen LogP contribution is -2.54. The molecule has 0 aromatic heterocycles. The van der Waals surface area contributed by atoms with E-state index in [-0.39, 0.29) is 11.6 Å². The quantitative estimate of drug-likeness (QED) is 0.676. The van der Waals surface area contributed by atoms with Crippen molar-refractivity contribution in [3.05, 3.63) is 0 Å². The maximum Gasteiger partial charge on any atom is 0.0990 e. The van der Waals surface area contributed by atoms with E-state index in [4.69, 9.17) is 15.9 Å². The fraction of sp³-hybridized carbons (Fsp3) is 0.818. The molecule has 1 rings (SSSR count). The lowest BCUT2D eigenvalue weighted by atomic mass is 9.86. The average Bonchev–Trinajstić information content (AvgIpc) is 2.21. The Balaban J connectivity index is 2.73. The van der Waals surface area contributed by atoms with Gasteiger partial charge in [-0.15, -0.1) is 6.42 Å². The van der Waals surface area contributed by atoms with Crippen LogP contribution in [0.2, 0.25) is 0 Å². The molecule has 1 aliphatic rings. The van der Waals surface area contributed by atoms with Gasteiger partial charge in [0.05, 0.1) is 11.6 Å². The molecule has 1 fully saturated rings. The minimum absolute atomic E-state index is 0.0219. The van der Waals surface area contributed by atoms with Crippen LogP contribution in [0.25, 0.3) is 0 Å². The molecule has 1 heterocycles. The van der Waals surface area contributed by atoms with Gasteiger partial charge in [-0.1, -0.05) is 5.92 Å². The van der Waals surface area contributed by atoms with Crippen molar-refractivity contribution in [2.45, 2.75) is 31.4 Å². The minimum atomic E-state index is -0.226. The van der Waals surface area contributed by atoms with Crippen LogP contribution in [0.5, 0.6) is 0 Å². The second-order valence-electron chi connectivity index (χ2n) is 3.50. The first kappa shape index (κ1) is 11.5. The van der Waals surface area contributed by atoms with Gasteiger partial charge in [-0.3, -0.25) is 0 Å². The number of rotatable bonds is 4. The summed E-state index contributed by atoms with van der Waals surface area (Å²) in [7, 11) is 1.88. The number of nitrogens with one attached hydrogen (secondary N) is 1. The molecule has 0 amide bonds. The van der Waals surface area contributed by atoms with Crippen LogP contribution >= 0.6 is 0 Å². The van der Waals surface area contributed by atoms with Crippen molar-refractivity contribution in [2.24, 2.45) is 0 Å². The predicted octanol–water partition coefficient (Wildman–Crippen LogP) is 0.793. The predicted molar refractivity (Wildman–Crippen MR) is 56.1 cm³/mol. The first-order valence-electron chi connectivity index (χ1n) is 5.14. The fourth-order valence-corrected chi connectivity index (χ4v) is 2.02. The molecule has 0 aromatic rings. The largest absolute Gasteiger partial charge is 0.381 e. The first-order chi connectivity index (χ1) is 6.79. The molecule has 1 N–H and O–H groups in total. The minimum Gasteiger partial charge on any atom is -0.381 e. The standard InChI is InChI=1S/C11H19NO2/c1-4-10(12-3)11(14-5-2)6-8-13-9-7-11/h1,10,12H,5-9H2,2-3H3. The number of hydrogen-bond acceptors (Lipinski definition) is 3. The smallest absolute Gasteiger partial charge is 0.0990 e. The van der Waals surface area contributed by atoms with Gasteiger partial charge in [-0.2, -0.15) is 0 Å². The Labute approximate surface area is 86.2 Å². The van der Waals surface area contributed by atoms with E-state index in [0.29, 0.717) is 6.61 Å². The monoisotopic (exact) mass is 197 g/mol. The molecule has 0 aliphatic carbocycles. The highest BCUT2D eigenvalue weighted by Gasteiger charge is 2.39. The van der Waals surface area contributed by atoms with E-state index in [1.807, 2.05) is 14.0 Å². The van der Waals surface area contributed by atoms with Crippen LogP contribution in [-0.2, 0) is 9.47 Å². The van der Waals surface area contributed by atoms with Crippen molar-refractivity contribution < 1.29 is 9.47 Å². The summed E-state index contributed by atoms with van der Waals surface area (Å²) in [5, 5.41) is 3.13. The van der Waals surface area contributed by atoms with E-state index in [2.05, 4.69) is 11.2 Å². The maximum absolute atomic E-state index is 5.83. The zero-order chi connectivity index (χ0) is 10.4. The van der Waals surface area contributed by atoms with Crippen molar-refractivity contribution >= 4 is 0 Å². The summed E-state index contributed by atoms with van der Waals surface area (Å²) in [5.74, 6) is 2.76. The SMILES string of the molecule is C#CC(NC)C1(OCC)CCOCC1. The van der Waals surface area contributed by atoms with Crippen molar-refractivity contribution in [3.8, 4) is 12.3 Å². The lowest BCUT2D eigenvalue weighted by Gasteiger charge is -2.40. The Morgan fingerprint density at radius 1 is 1.57 bits per heavy atom. The summed E-state index contributed by atoms with van der Waals surface area (Å²) in [6, 6.07) is -0.0219. The van der Waals surface area contributed by atoms with Crippen molar-refractivity contribution in [1.29, 1.82) is 0 Å². The van der Waals surface area contributed by atoms with Crippen LogP contribution in [0.1, 0.15) is 19.8 Å². The van der Waals surface area contributed by atoms with Gasteiger partial charge in [0.15, 0.2) is 0 Å². The fourth-order valence-electron chi connectivity index (χ4n) is 2.02. The zero-order valence-electron chi connectivity index (χ0n) is 9.01. The third-order valence-electron chi connectivity index (χ3n) is 2.75. The number of terminal acetylenes is 1. The molecule has 0 radical (unpaired) electrons. The molecule has 3 heteroatoms. The Kier molecular flexibility index (Phi) is 4.40. The van der Waals surface area contributed by atoms with Crippen molar-refractivity contribution in [2.75, 3.05) is 26.9 Å². The molecule has 0 spiro atoms. The first-order valence-corrected chi connectivity index (χ1v) is 5.14. The Morgan fingerprint density at radius 3 is 2.64 bits per heavy atom. The Bertz CT molecular complexity index is 198. The van der Waals surface area contributed by atoms with E-state index in [0.717, 1.165) is 26.1 Å². The van der Waals surface area contributed by atoms with Crippen LogP contribution in [0.15, 0.2) is 0 Å². The molecule has 1 aliphatic heterocycles. The lowest BCUT2D eigenvalue weighted by molar-refractivity contribution is -0.116. The molecule has 1 saturated heterocycles. The van der Waals surface area contributed by atoms with Gasteiger partial charge in [0.2, 0.25) is 0 Å². The summed E-state index contributed by atoms with van der Waals surface area (Å²) >= 11 is 0. The molecule has 14 heavy (non-hydrogen) atoms. The summed E-state index contributed by atoms with van der Waals surface area (Å²) in [4.78, 5) is 0. The Morgan fingerprint density at radius 2 is 2.21 bits per heavy atom. The molecule has 1 unspecified atom stereocenters. The van der Waals surface area contributed by atoms with Crippen LogP contribution in [-0.4, -0.2) is 38.5 Å². The second kappa shape index (κ2) is 5.35. The summed E-state index contributed by atoms with van der Waals surface area (Å²) < 4.78 is 11.2. The highest BCUT2D eigenvalue weighted by molar-refractivity contribution is 5.11.